The van der Waals surface area contributed by atoms with Gasteiger partial charge >= 0.3 is 0 Å². The molecule has 0 aromatic carbocycles. The van der Waals surface area contributed by atoms with E-state index in [9.17, 15) is 0 Å². The molecule has 0 aromatic rings. The molecule has 0 bridgehead atoms. The fourth-order valence-electron chi connectivity index (χ4n) is 0. The summed E-state index contributed by atoms with van der Waals surface area (Å²) < 4.78 is 0. The predicted molar refractivity (Wildman–Crippen MR) is 90.9 cm³/mol. The Labute approximate surface area is 114 Å². The zero-order chi connectivity index (χ0) is 13.3. The minimum absolute atomic E-state index is 0. The van der Waals surface area contributed by atoms with Crippen LogP contribution in [0, 0.1) is 5.92 Å². The van der Waals surface area contributed by atoms with Crippen molar-refractivity contribution in [2.45, 2.75) is 83.6 Å². The lowest BCUT2D eigenvalue weighted by atomic mass is 10.3. The van der Waals surface area contributed by atoms with E-state index < -0.39 is 0 Å². The van der Waals surface area contributed by atoms with Crippen molar-refractivity contribution < 1.29 is 0 Å². The predicted octanol–water partition coefficient (Wildman–Crippen LogP) is 7.52. The average Bonchev–Trinajstić information content (AvgIpc) is 2.03. The average molecular weight is 247 g/mol. The molecule has 0 rings (SSSR count). The van der Waals surface area contributed by atoms with Gasteiger partial charge in [0.2, 0.25) is 0 Å². The lowest BCUT2D eigenvalue weighted by Crippen LogP contribution is -1.66. The third-order valence-electron chi connectivity index (χ3n) is 0.333. The first-order chi connectivity index (χ1) is 6.79. The molecule has 0 heteroatoms. The maximum absolute atomic E-state index is 3.56. The topological polar surface area (TPSA) is 0 Å². The summed E-state index contributed by atoms with van der Waals surface area (Å²) in [5, 5.41) is 0. The summed E-state index contributed by atoms with van der Waals surface area (Å²) in [7, 11) is 0. The summed E-state index contributed by atoms with van der Waals surface area (Å²) in [5.41, 5.74) is 1.17. The van der Waals surface area contributed by atoms with Crippen LogP contribution in [0.25, 0.3) is 0 Å². The molecule has 0 N–H and O–H groups in total. The lowest BCUT2D eigenvalue weighted by molar-refractivity contribution is 0.737. The lowest BCUT2D eigenvalue weighted by Gasteiger charge is -1.79. The van der Waals surface area contributed by atoms with Crippen molar-refractivity contribution in [1.29, 1.82) is 0 Å². The summed E-state index contributed by atoms with van der Waals surface area (Å²) in [5.74, 6) is 0.833. The first-order valence-corrected chi connectivity index (χ1v) is 5.99. The summed E-state index contributed by atoms with van der Waals surface area (Å²) >= 11 is 0. The Bertz CT molecular complexity index is 96.5. The molecule has 0 radical (unpaired) electrons. The summed E-state index contributed by atoms with van der Waals surface area (Å²) in [6.07, 6.45) is 5.25. The summed E-state index contributed by atoms with van der Waals surface area (Å²) in [4.78, 5) is 0. The quantitative estimate of drug-likeness (QED) is 0.388. The maximum atomic E-state index is 3.56. The molecule has 0 unspecified atom stereocenters. The normalized spacial score (nSPS) is 6.94. The highest BCUT2D eigenvalue weighted by molar-refractivity contribution is 4.78. The number of hydrogen-bond donors (Lipinski definition) is 0. The Morgan fingerprint density at radius 1 is 0.941 bits per heavy atom. The van der Waals surface area contributed by atoms with E-state index in [0.717, 1.165) is 5.92 Å². The minimum Gasteiger partial charge on any atom is -0.100 e. The fourth-order valence-corrected chi connectivity index (χ4v) is 0. The molecule has 0 saturated carbocycles. The molecule has 0 atom stereocenters. The van der Waals surface area contributed by atoms with Gasteiger partial charge in [0.1, 0.15) is 0 Å². The van der Waals surface area contributed by atoms with Crippen molar-refractivity contribution in [2.24, 2.45) is 5.92 Å². The Kier molecular flexibility index (Phi) is 95.5. The van der Waals surface area contributed by atoms with Crippen LogP contribution in [-0.4, -0.2) is 0 Å². The molecule has 0 saturated heterocycles. The van der Waals surface area contributed by atoms with Gasteiger partial charge in [0.25, 0.3) is 0 Å². The Hall–Kier alpha value is -0.520. The molecule has 0 nitrogen and oxygen atoms in total. The van der Waals surface area contributed by atoms with Crippen LogP contribution in [-0.2, 0) is 0 Å². The van der Waals surface area contributed by atoms with Crippen LogP contribution in [0.4, 0.5) is 0 Å². The van der Waals surface area contributed by atoms with E-state index in [1.165, 1.54) is 12.0 Å². The van der Waals surface area contributed by atoms with Crippen LogP contribution < -0.4 is 0 Å². The van der Waals surface area contributed by atoms with Crippen LogP contribution in [0.5, 0.6) is 0 Å². The Balaban J connectivity index is -0.0000000230. The van der Waals surface area contributed by atoms with Gasteiger partial charge in [-0.25, -0.2) is 0 Å². The monoisotopic (exact) mass is 246 g/mol. The van der Waals surface area contributed by atoms with Gasteiger partial charge in [-0.3, -0.25) is 0 Å². The van der Waals surface area contributed by atoms with Crippen molar-refractivity contribution in [2.75, 3.05) is 0 Å². The molecule has 17 heavy (non-hydrogen) atoms. The van der Waals surface area contributed by atoms with Gasteiger partial charge in [0.05, 0.1) is 0 Å². The second-order valence-electron chi connectivity index (χ2n) is 4.31. The van der Waals surface area contributed by atoms with E-state index in [-0.39, 0.29) is 14.9 Å². The molecule has 110 valence electrons. The fraction of sp³-hybridized carbons (Fsp3) is 0.765. The molecule has 0 heterocycles. The van der Waals surface area contributed by atoms with Crippen LogP contribution in [0.1, 0.15) is 83.6 Å². The van der Waals surface area contributed by atoms with Gasteiger partial charge in [-0.15, -0.1) is 6.58 Å². The van der Waals surface area contributed by atoms with Crippen LogP contribution >= 0.6 is 0 Å². The first-order valence-electron chi connectivity index (χ1n) is 5.99. The van der Waals surface area contributed by atoms with Crippen LogP contribution in [0.3, 0.4) is 0 Å². The van der Waals surface area contributed by atoms with Gasteiger partial charge in [-0.05, 0) is 33.6 Å². The molecular weight excluding hydrogens is 204 g/mol. The maximum Gasteiger partial charge on any atom is -0.0445 e. The highest BCUT2D eigenvalue weighted by Gasteiger charge is 1.68. The molecule has 0 aliphatic rings. The van der Waals surface area contributed by atoms with Crippen molar-refractivity contribution in [3.05, 3.63) is 24.3 Å². The van der Waals surface area contributed by atoms with E-state index in [1.807, 2.05) is 39.8 Å². The Morgan fingerprint density at radius 2 is 1.00 bits per heavy atom. The van der Waals surface area contributed by atoms with Gasteiger partial charge in [-0.2, -0.15) is 0 Å². The third kappa shape index (κ3) is 12200. The van der Waals surface area contributed by atoms with E-state index >= 15 is 0 Å². The van der Waals surface area contributed by atoms with Crippen LogP contribution in [0.2, 0.25) is 0 Å². The second-order valence-corrected chi connectivity index (χ2v) is 4.31. The van der Waals surface area contributed by atoms with Crippen molar-refractivity contribution in [1.82, 2.24) is 0 Å². The van der Waals surface area contributed by atoms with E-state index in [4.69, 9.17) is 0 Å². The minimum atomic E-state index is 0. The standard InChI is InChI=1S/C4H10.2C4H8.C3H8.2CH4/c2*1-4(2)3;1-3-4-2;1-3-2;;/h4H,1-3H3;1H2,2-3H3;3-4H,1-2H3;3H2,1-2H3;2*1H4. The van der Waals surface area contributed by atoms with E-state index in [1.54, 1.807) is 0 Å². The smallest absolute Gasteiger partial charge is 0.0445 e. The number of hydrogen-bond acceptors (Lipinski definition) is 0. The van der Waals surface area contributed by atoms with Gasteiger partial charge < -0.3 is 0 Å². The van der Waals surface area contributed by atoms with E-state index in [0.29, 0.717) is 0 Å². The molecule has 0 aromatic heterocycles. The molecule has 0 amide bonds. The first kappa shape index (κ1) is 36.0. The second kappa shape index (κ2) is 45.1. The molecular formula is C17H42. The van der Waals surface area contributed by atoms with Gasteiger partial charge in [0.15, 0.2) is 0 Å². The zero-order valence-electron chi connectivity index (χ0n) is 12.6. The largest absolute Gasteiger partial charge is 0.100 e. The Morgan fingerprint density at radius 3 is 1.00 bits per heavy atom. The van der Waals surface area contributed by atoms with E-state index in [2.05, 4.69) is 41.2 Å². The molecule has 0 spiro atoms. The number of rotatable bonds is 0. The van der Waals surface area contributed by atoms with Crippen molar-refractivity contribution in [3.8, 4) is 0 Å². The zero-order valence-corrected chi connectivity index (χ0v) is 12.6. The molecule has 0 fully saturated rings. The van der Waals surface area contributed by atoms with Crippen molar-refractivity contribution >= 4 is 0 Å². The van der Waals surface area contributed by atoms with Gasteiger partial charge in [-0.1, -0.05) is 73.6 Å². The highest BCUT2D eigenvalue weighted by Crippen LogP contribution is 1.81. The summed E-state index contributed by atoms with van der Waals surface area (Å²) in [6, 6.07) is 0. The summed E-state index contributed by atoms with van der Waals surface area (Å²) in [6.45, 7) is 22.2. The van der Waals surface area contributed by atoms with Crippen molar-refractivity contribution in [3.63, 3.8) is 0 Å². The third-order valence-corrected chi connectivity index (χ3v) is 0.333. The molecule has 0 aliphatic heterocycles. The van der Waals surface area contributed by atoms with Gasteiger partial charge in [0, 0.05) is 0 Å². The number of allylic oxidation sites excluding steroid dienone is 3. The SMILES string of the molecule is C.C.C=C(C)C.CC(C)C.CC=CC.CCC. The molecule has 0 aliphatic carbocycles. The van der Waals surface area contributed by atoms with Crippen LogP contribution in [0.15, 0.2) is 24.3 Å². The highest BCUT2D eigenvalue weighted by atomic mass is 13.7.